The molecule has 0 aliphatic heterocycles. The highest BCUT2D eigenvalue weighted by Gasteiger charge is 2.12. The number of methoxy groups -OCH3 is 1. The molecule has 0 fully saturated rings. The van der Waals surface area contributed by atoms with Gasteiger partial charge in [0.25, 0.3) is 0 Å². The van der Waals surface area contributed by atoms with Crippen LogP contribution in [0.1, 0.15) is 16.1 Å². The predicted molar refractivity (Wildman–Crippen MR) is 84.6 cm³/mol. The Labute approximate surface area is 133 Å². The minimum atomic E-state index is -0.160. The second kappa shape index (κ2) is 6.31. The minimum absolute atomic E-state index is 0.160. The van der Waals surface area contributed by atoms with E-state index in [4.69, 9.17) is 4.74 Å². The summed E-state index contributed by atoms with van der Waals surface area (Å²) < 4.78 is 6.87. The van der Waals surface area contributed by atoms with E-state index in [1.165, 1.54) is 7.11 Å². The summed E-state index contributed by atoms with van der Waals surface area (Å²) in [5.74, 6) is 0.0919. The topological polar surface area (TPSA) is 77.2 Å². The lowest BCUT2D eigenvalue weighted by atomic mass is 10.1. The predicted octanol–water partition coefficient (Wildman–Crippen LogP) is 2.52. The number of aromatic nitrogens is 3. The second-order valence-electron chi connectivity index (χ2n) is 4.98. The quantitative estimate of drug-likeness (QED) is 0.733. The molecule has 0 saturated heterocycles. The van der Waals surface area contributed by atoms with Crippen LogP contribution in [0.5, 0.6) is 11.5 Å². The standard InChI is InChI=1S/C17H15N3O3/c1-23-16-7-12(6-13(11-21)17(16)22)14-8-19-20(9-14)10-15-4-2-3-5-18-15/h2-9,11,22H,10H2,1H3. The number of hydrogen-bond acceptors (Lipinski definition) is 5. The molecule has 3 rings (SSSR count). The number of carbonyl (C=O) groups is 1. The number of aldehydes is 1. The van der Waals surface area contributed by atoms with E-state index < -0.39 is 0 Å². The van der Waals surface area contributed by atoms with Crippen molar-refractivity contribution in [3.63, 3.8) is 0 Å². The third-order valence-corrected chi connectivity index (χ3v) is 3.47. The number of benzene rings is 1. The van der Waals surface area contributed by atoms with Gasteiger partial charge in [-0.2, -0.15) is 5.10 Å². The van der Waals surface area contributed by atoms with Gasteiger partial charge in [0.2, 0.25) is 0 Å². The summed E-state index contributed by atoms with van der Waals surface area (Å²) >= 11 is 0. The van der Waals surface area contributed by atoms with E-state index in [1.807, 2.05) is 24.4 Å². The van der Waals surface area contributed by atoms with Gasteiger partial charge in [-0.05, 0) is 29.8 Å². The van der Waals surface area contributed by atoms with Crippen molar-refractivity contribution in [2.75, 3.05) is 7.11 Å². The van der Waals surface area contributed by atoms with Crippen LogP contribution in [0.25, 0.3) is 11.1 Å². The Balaban J connectivity index is 1.92. The van der Waals surface area contributed by atoms with Crippen molar-refractivity contribution in [1.29, 1.82) is 0 Å². The van der Waals surface area contributed by atoms with E-state index in [2.05, 4.69) is 10.1 Å². The van der Waals surface area contributed by atoms with Crippen molar-refractivity contribution < 1.29 is 14.6 Å². The van der Waals surface area contributed by atoms with E-state index in [9.17, 15) is 9.90 Å². The van der Waals surface area contributed by atoms with Crippen LogP contribution >= 0.6 is 0 Å². The Hall–Kier alpha value is -3.15. The van der Waals surface area contributed by atoms with Crippen LogP contribution in [0, 0.1) is 0 Å². The number of rotatable bonds is 5. The van der Waals surface area contributed by atoms with Crippen LogP contribution in [-0.2, 0) is 6.54 Å². The van der Waals surface area contributed by atoms with Crippen LogP contribution in [-0.4, -0.2) is 33.3 Å². The summed E-state index contributed by atoms with van der Waals surface area (Å²) in [5, 5.41) is 14.2. The molecule has 116 valence electrons. The number of carbonyl (C=O) groups excluding carboxylic acids is 1. The summed E-state index contributed by atoms with van der Waals surface area (Å²) in [6, 6.07) is 8.99. The summed E-state index contributed by atoms with van der Waals surface area (Å²) in [5.41, 5.74) is 2.65. The van der Waals surface area contributed by atoms with Crippen LogP contribution in [0.15, 0.2) is 48.9 Å². The fourth-order valence-corrected chi connectivity index (χ4v) is 2.30. The van der Waals surface area contributed by atoms with Crippen molar-refractivity contribution in [3.05, 3.63) is 60.2 Å². The van der Waals surface area contributed by atoms with Gasteiger partial charge in [-0.1, -0.05) is 6.07 Å². The number of phenolic OH excluding ortho intramolecular Hbond substituents is 1. The summed E-state index contributed by atoms with van der Waals surface area (Å²) in [7, 11) is 1.44. The summed E-state index contributed by atoms with van der Waals surface area (Å²) in [6.07, 6.45) is 5.89. The molecule has 0 spiro atoms. The van der Waals surface area contributed by atoms with Gasteiger partial charge in [-0.15, -0.1) is 0 Å². The number of pyridine rings is 1. The van der Waals surface area contributed by atoms with Gasteiger partial charge < -0.3 is 9.84 Å². The Morgan fingerprint density at radius 3 is 2.87 bits per heavy atom. The fourth-order valence-electron chi connectivity index (χ4n) is 2.30. The van der Waals surface area contributed by atoms with Crippen LogP contribution in [0.2, 0.25) is 0 Å². The van der Waals surface area contributed by atoms with E-state index >= 15 is 0 Å². The molecule has 23 heavy (non-hydrogen) atoms. The Morgan fingerprint density at radius 1 is 1.30 bits per heavy atom. The lowest BCUT2D eigenvalue weighted by Gasteiger charge is -2.08. The highest BCUT2D eigenvalue weighted by atomic mass is 16.5. The molecule has 0 saturated carbocycles. The number of nitrogens with zero attached hydrogens (tertiary/aromatic N) is 3. The van der Waals surface area contributed by atoms with Gasteiger partial charge >= 0.3 is 0 Å². The van der Waals surface area contributed by atoms with Gasteiger partial charge in [-0.3, -0.25) is 14.5 Å². The molecule has 2 aromatic heterocycles. The van der Waals surface area contributed by atoms with E-state index in [1.54, 1.807) is 29.2 Å². The fraction of sp³-hybridized carbons (Fsp3) is 0.118. The third-order valence-electron chi connectivity index (χ3n) is 3.47. The molecule has 0 amide bonds. The minimum Gasteiger partial charge on any atom is -0.504 e. The smallest absolute Gasteiger partial charge is 0.168 e. The van der Waals surface area contributed by atoms with Gasteiger partial charge in [0.1, 0.15) is 0 Å². The molecule has 1 N–H and O–H groups in total. The van der Waals surface area contributed by atoms with E-state index in [0.717, 1.165) is 16.8 Å². The molecule has 3 aromatic rings. The molecule has 2 heterocycles. The van der Waals surface area contributed by atoms with Gasteiger partial charge in [0.15, 0.2) is 17.8 Å². The zero-order valence-corrected chi connectivity index (χ0v) is 12.5. The number of ether oxygens (including phenoxy) is 1. The van der Waals surface area contributed by atoms with Gasteiger partial charge in [0.05, 0.1) is 31.1 Å². The first-order valence-corrected chi connectivity index (χ1v) is 7.00. The molecule has 0 bridgehead atoms. The van der Waals surface area contributed by atoms with E-state index in [0.29, 0.717) is 12.8 Å². The molecular formula is C17H15N3O3. The summed E-state index contributed by atoms with van der Waals surface area (Å²) in [4.78, 5) is 15.3. The molecular weight excluding hydrogens is 294 g/mol. The molecule has 6 nitrogen and oxygen atoms in total. The first-order valence-electron chi connectivity index (χ1n) is 7.00. The Bertz CT molecular complexity index is 828. The molecule has 0 atom stereocenters. The maximum atomic E-state index is 11.1. The van der Waals surface area contributed by atoms with Gasteiger partial charge in [-0.25, -0.2) is 0 Å². The zero-order chi connectivity index (χ0) is 16.2. The number of hydrogen-bond donors (Lipinski definition) is 1. The van der Waals surface area contributed by atoms with Crippen molar-refractivity contribution in [2.24, 2.45) is 0 Å². The largest absolute Gasteiger partial charge is 0.504 e. The monoisotopic (exact) mass is 309 g/mol. The van der Waals surface area contributed by atoms with Crippen LogP contribution in [0.4, 0.5) is 0 Å². The first-order chi connectivity index (χ1) is 11.2. The van der Waals surface area contributed by atoms with Crippen LogP contribution in [0.3, 0.4) is 0 Å². The molecule has 6 heteroatoms. The highest BCUT2D eigenvalue weighted by Crippen LogP contribution is 2.34. The summed E-state index contributed by atoms with van der Waals surface area (Å²) in [6.45, 7) is 0.552. The Morgan fingerprint density at radius 2 is 2.17 bits per heavy atom. The number of phenols is 1. The lowest BCUT2D eigenvalue weighted by Crippen LogP contribution is -2.01. The SMILES string of the molecule is COc1cc(-c2cnn(Cc3ccccn3)c2)cc(C=O)c1O. The third kappa shape index (κ3) is 3.06. The zero-order valence-electron chi connectivity index (χ0n) is 12.5. The van der Waals surface area contributed by atoms with Crippen LogP contribution < -0.4 is 4.74 Å². The van der Waals surface area contributed by atoms with E-state index in [-0.39, 0.29) is 17.1 Å². The number of aromatic hydroxyl groups is 1. The molecule has 0 unspecified atom stereocenters. The Kier molecular flexibility index (Phi) is 4.05. The molecule has 0 aliphatic rings. The van der Waals surface area contributed by atoms with Crippen molar-refractivity contribution in [3.8, 4) is 22.6 Å². The molecule has 1 aromatic carbocycles. The van der Waals surface area contributed by atoms with Gasteiger partial charge in [0, 0.05) is 18.0 Å². The second-order valence-corrected chi connectivity index (χ2v) is 4.98. The van der Waals surface area contributed by atoms with Crippen molar-refractivity contribution in [1.82, 2.24) is 14.8 Å². The highest BCUT2D eigenvalue weighted by molar-refractivity contribution is 5.84. The average molecular weight is 309 g/mol. The first kappa shape index (κ1) is 14.8. The average Bonchev–Trinajstić information content (AvgIpc) is 3.04. The molecule has 0 aliphatic carbocycles. The molecule has 0 radical (unpaired) electrons. The normalized spacial score (nSPS) is 10.5. The lowest BCUT2D eigenvalue weighted by molar-refractivity contribution is 0.112. The van der Waals surface area contributed by atoms with Crippen molar-refractivity contribution in [2.45, 2.75) is 6.54 Å². The van der Waals surface area contributed by atoms with Crippen molar-refractivity contribution >= 4 is 6.29 Å². The maximum Gasteiger partial charge on any atom is 0.168 e. The maximum absolute atomic E-state index is 11.1.